The van der Waals surface area contributed by atoms with E-state index in [0.717, 1.165) is 22.4 Å². The van der Waals surface area contributed by atoms with E-state index < -0.39 is 0 Å². The van der Waals surface area contributed by atoms with Crippen molar-refractivity contribution in [3.05, 3.63) is 108 Å². The van der Waals surface area contributed by atoms with Crippen LogP contribution < -0.4 is 20.1 Å². The van der Waals surface area contributed by atoms with Gasteiger partial charge in [0.1, 0.15) is 18.1 Å². The van der Waals surface area contributed by atoms with Crippen LogP contribution >= 0.6 is 0 Å². The zero-order valence-electron chi connectivity index (χ0n) is 19.6. The molecule has 0 radical (unpaired) electrons. The molecule has 6 nitrogen and oxygen atoms in total. The monoisotopic (exact) mass is 466 g/mol. The van der Waals surface area contributed by atoms with E-state index >= 15 is 0 Å². The predicted octanol–water partition coefficient (Wildman–Crippen LogP) is 6.15. The fourth-order valence-electron chi connectivity index (χ4n) is 3.61. The Hall–Kier alpha value is -4.58. The summed E-state index contributed by atoms with van der Waals surface area (Å²) in [4.78, 5) is 24.0. The highest BCUT2D eigenvalue weighted by molar-refractivity contribution is 6.04. The van der Waals surface area contributed by atoms with E-state index in [1.54, 1.807) is 49.6 Å². The summed E-state index contributed by atoms with van der Waals surface area (Å²) in [7, 11) is 1.59. The summed E-state index contributed by atoms with van der Waals surface area (Å²) in [5.74, 6) is 0.957. The molecule has 0 spiro atoms. The van der Waals surface area contributed by atoms with Crippen molar-refractivity contribution in [3.8, 4) is 22.6 Å². The van der Waals surface area contributed by atoms with Crippen LogP contribution in [0, 0.1) is 0 Å². The minimum absolute atomic E-state index is 0.151. The van der Waals surface area contributed by atoms with Crippen LogP contribution in [-0.4, -0.2) is 18.9 Å². The van der Waals surface area contributed by atoms with Crippen molar-refractivity contribution in [1.29, 1.82) is 0 Å². The SMILES string of the molecule is COc1ccc(C(=O)Nc2ccc(NC(C)=O)cc2)cc1COc1ccc(-c2ccccc2)cc1. The lowest BCUT2D eigenvalue weighted by Gasteiger charge is -2.13. The van der Waals surface area contributed by atoms with E-state index in [1.165, 1.54) is 6.92 Å². The van der Waals surface area contributed by atoms with Crippen molar-refractivity contribution in [2.75, 3.05) is 17.7 Å². The Morgan fingerprint density at radius 2 is 1.37 bits per heavy atom. The summed E-state index contributed by atoms with van der Waals surface area (Å²) in [6.45, 7) is 1.70. The summed E-state index contributed by atoms with van der Waals surface area (Å²) in [6, 6.07) is 30.2. The van der Waals surface area contributed by atoms with Crippen LogP contribution in [0.4, 0.5) is 11.4 Å². The first-order valence-corrected chi connectivity index (χ1v) is 11.2. The standard InChI is InChI=1S/C29H26N2O4/c1-20(32)30-25-11-13-26(14-12-25)31-29(33)23-10-17-28(34-2)24(18-23)19-35-27-15-8-22(9-16-27)21-6-4-3-5-7-21/h3-18H,19H2,1-2H3,(H,30,32)(H,31,33). The maximum absolute atomic E-state index is 12.8. The third kappa shape index (κ3) is 6.26. The molecule has 0 saturated heterocycles. The maximum atomic E-state index is 12.8. The van der Waals surface area contributed by atoms with Gasteiger partial charge in [-0.3, -0.25) is 9.59 Å². The molecule has 4 rings (SSSR count). The Morgan fingerprint density at radius 3 is 2.00 bits per heavy atom. The molecule has 35 heavy (non-hydrogen) atoms. The summed E-state index contributed by atoms with van der Waals surface area (Å²) in [5, 5.41) is 5.56. The minimum atomic E-state index is -0.256. The topological polar surface area (TPSA) is 76.7 Å². The van der Waals surface area contributed by atoms with Gasteiger partial charge in [0.2, 0.25) is 5.91 Å². The number of ether oxygens (including phenoxy) is 2. The number of methoxy groups -OCH3 is 1. The molecule has 2 N–H and O–H groups in total. The van der Waals surface area contributed by atoms with Gasteiger partial charge >= 0.3 is 0 Å². The number of anilines is 2. The van der Waals surface area contributed by atoms with Crippen molar-refractivity contribution in [2.45, 2.75) is 13.5 Å². The van der Waals surface area contributed by atoms with Crippen LogP contribution in [-0.2, 0) is 11.4 Å². The number of rotatable bonds is 8. The van der Waals surface area contributed by atoms with Crippen LogP contribution in [0.15, 0.2) is 97.1 Å². The number of hydrogen-bond donors (Lipinski definition) is 2. The van der Waals surface area contributed by atoms with Crippen LogP contribution in [0.3, 0.4) is 0 Å². The highest BCUT2D eigenvalue weighted by atomic mass is 16.5. The van der Waals surface area contributed by atoms with Gasteiger partial charge < -0.3 is 20.1 Å². The average molecular weight is 467 g/mol. The van der Waals surface area contributed by atoms with Gasteiger partial charge in [-0.15, -0.1) is 0 Å². The van der Waals surface area contributed by atoms with Crippen LogP contribution in [0.25, 0.3) is 11.1 Å². The second-order valence-electron chi connectivity index (χ2n) is 7.92. The lowest BCUT2D eigenvalue weighted by molar-refractivity contribution is -0.114. The molecule has 0 aliphatic carbocycles. The number of hydrogen-bond acceptors (Lipinski definition) is 4. The van der Waals surface area contributed by atoms with E-state index in [1.807, 2.05) is 42.5 Å². The molecule has 176 valence electrons. The molecule has 0 saturated carbocycles. The van der Waals surface area contributed by atoms with Gasteiger partial charge in [-0.05, 0) is 65.7 Å². The van der Waals surface area contributed by atoms with Gasteiger partial charge in [-0.1, -0.05) is 42.5 Å². The number of benzene rings is 4. The van der Waals surface area contributed by atoms with Crippen LogP contribution in [0.1, 0.15) is 22.8 Å². The molecular formula is C29H26N2O4. The normalized spacial score (nSPS) is 10.3. The first-order valence-electron chi connectivity index (χ1n) is 11.2. The van der Waals surface area contributed by atoms with E-state index in [9.17, 15) is 9.59 Å². The van der Waals surface area contributed by atoms with E-state index in [0.29, 0.717) is 22.7 Å². The van der Waals surface area contributed by atoms with Gasteiger partial charge in [0.25, 0.3) is 5.91 Å². The van der Waals surface area contributed by atoms with Gasteiger partial charge in [0.05, 0.1) is 7.11 Å². The van der Waals surface area contributed by atoms with Crippen molar-refractivity contribution >= 4 is 23.2 Å². The van der Waals surface area contributed by atoms with E-state index in [4.69, 9.17) is 9.47 Å². The zero-order valence-corrected chi connectivity index (χ0v) is 19.6. The van der Waals surface area contributed by atoms with Gasteiger partial charge in [0, 0.05) is 29.4 Å². The number of carbonyl (C=O) groups excluding carboxylic acids is 2. The first kappa shape index (κ1) is 23.6. The van der Waals surface area contributed by atoms with Gasteiger partial charge in [-0.25, -0.2) is 0 Å². The van der Waals surface area contributed by atoms with E-state index in [2.05, 4.69) is 22.8 Å². The van der Waals surface area contributed by atoms with Crippen molar-refractivity contribution < 1.29 is 19.1 Å². The lowest BCUT2D eigenvalue weighted by atomic mass is 10.1. The molecule has 0 aliphatic heterocycles. The zero-order chi connectivity index (χ0) is 24.6. The summed E-state index contributed by atoms with van der Waals surface area (Å²) in [5.41, 5.74) is 4.78. The molecule has 6 heteroatoms. The molecule has 0 unspecified atom stereocenters. The fraction of sp³-hybridized carbons (Fsp3) is 0.103. The summed E-state index contributed by atoms with van der Waals surface area (Å²) < 4.78 is 11.4. The summed E-state index contributed by atoms with van der Waals surface area (Å²) >= 11 is 0. The molecule has 0 atom stereocenters. The van der Waals surface area contributed by atoms with Crippen molar-refractivity contribution in [2.24, 2.45) is 0 Å². The smallest absolute Gasteiger partial charge is 0.255 e. The van der Waals surface area contributed by atoms with Gasteiger partial charge in [-0.2, -0.15) is 0 Å². The highest BCUT2D eigenvalue weighted by Crippen LogP contribution is 2.25. The molecule has 0 heterocycles. The molecule has 0 aromatic heterocycles. The highest BCUT2D eigenvalue weighted by Gasteiger charge is 2.12. The molecule has 0 bridgehead atoms. The van der Waals surface area contributed by atoms with Crippen LogP contribution in [0.5, 0.6) is 11.5 Å². The Labute approximate surface area is 204 Å². The minimum Gasteiger partial charge on any atom is -0.496 e. The molecule has 0 aliphatic rings. The second-order valence-corrected chi connectivity index (χ2v) is 7.92. The fourth-order valence-corrected chi connectivity index (χ4v) is 3.61. The number of nitrogens with one attached hydrogen (secondary N) is 2. The molecule has 4 aromatic carbocycles. The maximum Gasteiger partial charge on any atom is 0.255 e. The Bertz CT molecular complexity index is 1300. The molecule has 2 amide bonds. The van der Waals surface area contributed by atoms with Crippen molar-refractivity contribution in [3.63, 3.8) is 0 Å². The average Bonchev–Trinajstić information content (AvgIpc) is 2.89. The largest absolute Gasteiger partial charge is 0.496 e. The Morgan fingerprint density at radius 1 is 0.743 bits per heavy atom. The second kappa shape index (κ2) is 11.0. The van der Waals surface area contributed by atoms with Crippen LogP contribution in [0.2, 0.25) is 0 Å². The predicted molar refractivity (Wildman–Crippen MR) is 138 cm³/mol. The molecular weight excluding hydrogens is 440 g/mol. The number of carbonyl (C=O) groups is 2. The molecule has 0 fully saturated rings. The lowest BCUT2D eigenvalue weighted by Crippen LogP contribution is -2.13. The third-order valence-electron chi connectivity index (χ3n) is 5.36. The summed E-state index contributed by atoms with van der Waals surface area (Å²) in [6.07, 6.45) is 0. The Kier molecular flexibility index (Phi) is 7.43. The number of amides is 2. The third-order valence-corrected chi connectivity index (χ3v) is 5.36. The Balaban J connectivity index is 1.42. The van der Waals surface area contributed by atoms with E-state index in [-0.39, 0.29) is 18.4 Å². The molecule has 4 aromatic rings. The van der Waals surface area contributed by atoms with Crippen molar-refractivity contribution in [1.82, 2.24) is 0 Å². The van der Waals surface area contributed by atoms with Gasteiger partial charge in [0.15, 0.2) is 0 Å². The quantitative estimate of drug-likeness (QED) is 0.326. The first-order chi connectivity index (χ1) is 17.0.